The van der Waals surface area contributed by atoms with Crippen molar-refractivity contribution in [1.82, 2.24) is 25.6 Å². The van der Waals surface area contributed by atoms with Gasteiger partial charge in [-0.2, -0.15) is 0 Å². The van der Waals surface area contributed by atoms with Crippen LogP contribution in [-0.4, -0.2) is 85.6 Å². The lowest BCUT2D eigenvalue weighted by molar-refractivity contribution is -0.146. The maximum Gasteiger partial charge on any atom is 0.332 e. The van der Waals surface area contributed by atoms with Gasteiger partial charge in [-0.1, -0.05) is 26.3 Å². The molecule has 1 aromatic rings. The van der Waals surface area contributed by atoms with Gasteiger partial charge >= 0.3 is 6.03 Å². The molecule has 0 aromatic heterocycles. The Morgan fingerprint density at radius 1 is 1.08 bits per heavy atom. The molecule has 200 valence electrons. The maximum atomic E-state index is 13.8. The molecule has 2 aliphatic heterocycles. The Morgan fingerprint density at radius 3 is 2.39 bits per heavy atom. The number of benzene rings is 1. The molecule has 3 rings (SSSR count). The number of hydrazine groups is 1. The number of carbonyl (C=O) groups excluding carboxylic acids is 3. The minimum absolute atomic E-state index is 0.111. The molecule has 2 N–H and O–H groups in total. The van der Waals surface area contributed by atoms with Gasteiger partial charge in [0.25, 0.3) is 0 Å². The van der Waals surface area contributed by atoms with Crippen molar-refractivity contribution in [2.24, 2.45) is 5.92 Å². The van der Waals surface area contributed by atoms with E-state index in [4.69, 9.17) is 9.47 Å². The summed E-state index contributed by atoms with van der Waals surface area (Å²) in [7, 11) is 4.74. The van der Waals surface area contributed by atoms with Crippen LogP contribution in [0.1, 0.15) is 51.5 Å². The molecule has 0 spiro atoms. The fourth-order valence-electron chi connectivity index (χ4n) is 5.00. The van der Waals surface area contributed by atoms with Gasteiger partial charge in [0.2, 0.25) is 11.8 Å². The summed E-state index contributed by atoms with van der Waals surface area (Å²) in [6, 6.07) is 4.15. The Kier molecular flexibility index (Phi) is 9.81. The number of amides is 4. The number of ether oxygens (including phenoxy) is 2. The predicted molar refractivity (Wildman–Crippen MR) is 136 cm³/mol. The zero-order valence-corrected chi connectivity index (χ0v) is 22.2. The summed E-state index contributed by atoms with van der Waals surface area (Å²) in [6.45, 7) is 6.26. The van der Waals surface area contributed by atoms with Gasteiger partial charge in [-0.15, -0.1) is 0 Å². The molecule has 2 heterocycles. The number of nitrogens with one attached hydrogen (secondary N) is 2. The second-order valence-electron chi connectivity index (χ2n) is 9.96. The molecule has 2 atom stereocenters. The Balaban J connectivity index is 1.89. The van der Waals surface area contributed by atoms with Crippen LogP contribution in [-0.2, 0) is 16.1 Å². The highest BCUT2D eigenvalue weighted by molar-refractivity contribution is 5.89. The molecule has 1 aromatic carbocycles. The molecule has 0 unspecified atom stereocenters. The van der Waals surface area contributed by atoms with Crippen molar-refractivity contribution in [3.8, 4) is 11.5 Å². The van der Waals surface area contributed by atoms with E-state index >= 15 is 0 Å². The van der Waals surface area contributed by atoms with E-state index in [9.17, 15) is 14.4 Å². The molecule has 4 amide bonds. The van der Waals surface area contributed by atoms with E-state index in [2.05, 4.69) is 10.7 Å². The fourth-order valence-corrected chi connectivity index (χ4v) is 5.00. The second kappa shape index (κ2) is 12.8. The van der Waals surface area contributed by atoms with E-state index in [1.165, 1.54) is 0 Å². The average Bonchev–Trinajstić information content (AvgIpc) is 2.86. The maximum absolute atomic E-state index is 13.8. The van der Waals surface area contributed by atoms with Crippen LogP contribution in [0.4, 0.5) is 4.79 Å². The van der Waals surface area contributed by atoms with Crippen molar-refractivity contribution in [2.75, 3.05) is 40.9 Å². The number of nitrogens with zero attached hydrogens (tertiary/aromatic N) is 3. The number of piperazine rings is 1. The highest BCUT2D eigenvalue weighted by atomic mass is 16.5. The number of methoxy groups -OCH3 is 2. The lowest BCUT2D eigenvalue weighted by atomic mass is 9.94. The number of urea groups is 1. The third kappa shape index (κ3) is 6.81. The highest BCUT2D eigenvalue weighted by Gasteiger charge is 2.44. The molecular weight excluding hydrogens is 462 g/mol. The smallest absolute Gasteiger partial charge is 0.332 e. The van der Waals surface area contributed by atoms with E-state index in [-0.39, 0.29) is 36.7 Å². The molecule has 0 saturated carbocycles. The van der Waals surface area contributed by atoms with E-state index in [1.54, 1.807) is 31.1 Å². The summed E-state index contributed by atoms with van der Waals surface area (Å²) in [5.41, 5.74) is 3.90. The molecule has 0 bridgehead atoms. The second-order valence-corrected chi connectivity index (χ2v) is 9.96. The molecule has 10 heteroatoms. The van der Waals surface area contributed by atoms with E-state index in [0.717, 1.165) is 37.9 Å². The molecule has 10 nitrogen and oxygen atoms in total. The van der Waals surface area contributed by atoms with Crippen LogP contribution >= 0.6 is 0 Å². The Morgan fingerprint density at radius 2 is 1.78 bits per heavy atom. The fraction of sp³-hybridized carbons (Fsp3) is 0.654. The summed E-state index contributed by atoms with van der Waals surface area (Å²) in [4.78, 5) is 43.2. The van der Waals surface area contributed by atoms with Crippen molar-refractivity contribution < 1.29 is 23.9 Å². The standard InChI is InChI=1S/C26H41N5O5/c1-18(2)13-21-25(33)29(16-19-9-10-22(35-4)23(14-19)36-5)17-20(15-24(32)27-3)31(21)26(34)28-30-11-7-6-8-12-30/h9-10,14,18,20-21H,6-8,11-13,15-17H2,1-5H3,(H,27,32)(H,28,34)/t20-,21+/m1/s1. The van der Waals surface area contributed by atoms with Gasteiger partial charge in [0.15, 0.2) is 11.5 Å². The van der Waals surface area contributed by atoms with Crippen molar-refractivity contribution in [1.29, 1.82) is 0 Å². The Bertz CT molecular complexity index is 918. The predicted octanol–water partition coefficient (Wildman–Crippen LogP) is 2.38. The first-order valence-corrected chi connectivity index (χ1v) is 12.8. The molecule has 2 saturated heterocycles. The first kappa shape index (κ1) is 27.6. The normalized spacial score (nSPS) is 20.9. The van der Waals surface area contributed by atoms with Crippen LogP contribution in [0.2, 0.25) is 0 Å². The van der Waals surface area contributed by atoms with E-state index in [0.29, 0.717) is 24.5 Å². The number of hydrogen-bond donors (Lipinski definition) is 2. The van der Waals surface area contributed by atoms with Gasteiger partial charge in [0.05, 0.1) is 20.3 Å². The zero-order valence-electron chi connectivity index (χ0n) is 22.2. The summed E-state index contributed by atoms with van der Waals surface area (Å²) in [5, 5.41) is 4.60. The average molecular weight is 504 g/mol. The topological polar surface area (TPSA) is 103 Å². The van der Waals surface area contributed by atoms with Crippen molar-refractivity contribution in [3.63, 3.8) is 0 Å². The van der Waals surface area contributed by atoms with Crippen LogP contribution in [0, 0.1) is 5.92 Å². The Hall–Kier alpha value is -3.01. The van der Waals surface area contributed by atoms with Gasteiger partial charge in [0.1, 0.15) is 6.04 Å². The largest absolute Gasteiger partial charge is 0.493 e. The number of piperidine rings is 1. The first-order chi connectivity index (χ1) is 17.3. The van der Waals surface area contributed by atoms with Crippen LogP contribution in [0.3, 0.4) is 0 Å². The molecule has 2 fully saturated rings. The summed E-state index contributed by atoms with van der Waals surface area (Å²) >= 11 is 0. The quantitative estimate of drug-likeness (QED) is 0.536. The molecular formula is C26H41N5O5. The molecule has 0 radical (unpaired) electrons. The van der Waals surface area contributed by atoms with Crippen LogP contribution < -0.4 is 20.2 Å². The van der Waals surface area contributed by atoms with Crippen molar-refractivity contribution in [3.05, 3.63) is 23.8 Å². The van der Waals surface area contributed by atoms with Crippen LogP contribution in [0.5, 0.6) is 11.5 Å². The summed E-state index contributed by atoms with van der Waals surface area (Å²) in [5.74, 6) is 1.11. The minimum atomic E-state index is -0.654. The first-order valence-electron chi connectivity index (χ1n) is 12.8. The van der Waals surface area contributed by atoms with Crippen molar-refractivity contribution >= 4 is 17.8 Å². The third-order valence-corrected chi connectivity index (χ3v) is 6.82. The van der Waals surface area contributed by atoms with Gasteiger partial charge in [-0.05, 0) is 42.9 Å². The van der Waals surface area contributed by atoms with Crippen LogP contribution in [0.15, 0.2) is 18.2 Å². The van der Waals surface area contributed by atoms with E-state index < -0.39 is 12.1 Å². The van der Waals surface area contributed by atoms with Crippen LogP contribution in [0.25, 0.3) is 0 Å². The number of hydrogen-bond acceptors (Lipinski definition) is 6. The SMILES string of the molecule is CNC(=O)C[C@@H]1CN(Cc2ccc(OC)c(OC)c2)C(=O)[C@H](CC(C)C)N1C(=O)NN1CCCCC1. The highest BCUT2D eigenvalue weighted by Crippen LogP contribution is 2.30. The monoisotopic (exact) mass is 503 g/mol. The van der Waals surface area contributed by atoms with Gasteiger partial charge in [-0.25, -0.2) is 9.80 Å². The van der Waals surface area contributed by atoms with E-state index in [1.807, 2.05) is 37.1 Å². The molecule has 0 aliphatic carbocycles. The lowest BCUT2D eigenvalue weighted by Gasteiger charge is -2.47. The van der Waals surface area contributed by atoms with Gasteiger partial charge < -0.3 is 24.6 Å². The van der Waals surface area contributed by atoms with Gasteiger partial charge in [0, 0.05) is 39.6 Å². The lowest BCUT2D eigenvalue weighted by Crippen LogP contribution is -2.67. The van der Waals surface area contributed by atoms with Crippen molar-refractivity contribution in [2.45, 2.75) is 64.6 Å². The molecule has 36 heavy (non-hydrogen) atoms. The summed E-state index contributed by atoms with van der Waals surface area (Å²) < 4.78 is 10.8. The summed E-state index contributed by atoms with van der Waals surface area (Å²) in [6.07, 6.45) is 3.83. The van der Waals surface area contributed by atoms with Gasteiger partial charge in [-0.3, -0.25) is 15.0 Å². The number of carbonyl (C=O) groups is 3. The minimum Gasteiger partial charge on any atom is -0.493 e. The Labute approximate surface area is 214 Å². The third-order valence-electron chi connectivity index (χ3n) is 6.82. The molecule has 2 aliphatic rings. The zero-order chi connectivity index (χ0) is 26.2. The number of rotatable bonds is 9.